The number of aryl methyl sites for hydroxylation is 1. The van der Waals surface area contributed by atoms with Crippen LogP contribution >= 0.6 is 0 Å². The fraction of sp³-hybridized carbons (Fsp3) is 0.500. The predicted molar refractivity (Wildman–Crippen MR) is 97.3 cm³/mol. The molecule has 2 aromatic rings. The molecule has 0 N–H and O–H groups in total. The third kappa shape index (κ3) is 3.89. The summed E-state index contributed by atoms with van der Waals surface area (Å²) in [6, 6.07) is 0. The summed E-state index contributed by atoms with van der Waals surface area (Å²) in [5.74, 6) is 1.14. The first-order valence-electron chi connectivity index (χ1n) is 8.92. The first kappa shape index (κ1) is 18.0. The van der Waals surface area contributed by atoms with E-state index in [4.69, 9.17) is 4.74 Å². The van der Waals surface area contributed by atoms with Crippen LogP contribution in [-0.2, 0) is 0 Å². The molecule has 0 aliphatic carbocycles. The van der Waals surface area contributed by atoms with Gasteiger partial charge in [0.25, 0.3) is 11.8 Å². The van der Waals surface area contributed by atoms with Gasteiger partial charge in [-0.2, -0.15) is 0 Å². The summed E-state index contributed by atoms with van der Waals surface area (Å²) in [6.07, 6.45) is 7.06. The number of likely N-dealkylation sites (tertiary alicyclic amines) is 1. The highest BCUT2D eigenvalue weighted by atomic mass is 16.5. The predicted octanol–water partition coefficient (Wildman–Crippen LogP) is 1.71. The molecule has 0 saturated carbocycles. The molecule has 1 amide bonds. The Bertz CT molecular complexity index is 748. The standard InChI is InChI=1S/C18H24N6O2/c1-4-23(5-2)16-17(20-8-7-19-16)26-14-6-9-24(12-14)18(25)15-11-21-13(3)10-22-15/h7-8,10-11,14H,4-6,9,12H2,1-3H3. The van der Waals surface area contributed by atoms with Crippen LogP contribution in [0.1, 0.15) is 36.5 Å². The molecule has 0 radical (unpaired) electrons. The van der Waals surface area contributed by atoms with E-state index in [1.54, 1.807) is 23.5 Å². The van der Waals surface area contributed by atoms with Crippen LogP contribution in [0.25, 0.3) is 0 Å². The van der Waals surface area contributed by atoms with Crippen molar-refractivity contribution in [3.05, 3.63) is 36.2 Å². The minimum atomic E-state index is -0.119. The second kappa shape index (κ2) is 8.07. The van der Waals surface area contributed by atoms with Gasteiger partial charge in [0.2, 0.25) is 0 Å². The summed E-state index contributed by atoms with van der Waals surface area (Å²) >= 11 is 0. The number of hydrogen-bond acceptors (Lipinski definition) is 7. The minimum absolute atomic E-state index is 0.108. The van der Waals surface area contributed by atoms with Gasteiger partial charge in [-0.05, 0) is 20.8 Å². The monoisotopic (exact) mass is 356 g/mol. The zero-order valence-electron chi connectivity index (χ0n) is 15.4. The number of aromatic nitrogens is 4. The maximum atomic E-state index is 12.6. The molecule has 1 unspecified atom stereocenters. The number of carbonyl (C=O) groups excluding carboxylic acids is 1. The van der Waals surface area contributed by atoms with Gasteiger partial charge in [-0.25, -0.2) is 15.0 Å². The van der Waals surface area contributed by atoms with E-state index >= 15 is 0 Å². The Morgan fingerprint density at radius 1 is 1.19 bits per heavy atom. The van der Waals surface area contributed by atoms with E-state index in [1.807, 2.05) is 6.92 Å². The quantitative estimate of drug-likeness (QED) is 0.779. The molecule has 0 spiro atoms. The molecule has 0 aromatic carbocycles. The molecule has 3 rings (SSSR count). The summed E-state index contributed by atoms with van der Waals surface area (Å²) in [5.41, 5.74) is 1.15. The lowest BCUT2D eigenvalue weighted by molar-refractivity contribution is 0.0765. The van der Waals surface area contributed by atoms with Crippen molar-refractivity contribution in [2.45, 2.75) is 33.3 Å². The number of rotatable bonds is 6. The Hall–Kier alpha value is -2.77. The van der Waals surface area contributed by atoms with Gasteiger partial charge in [0.15, 0.2) is 5.82 Å². The average molecular weight is 356 g/mol. The molecular formula is C18H24N6O2. The first-order valence-corrected chi connectivity index (χ1v) is 8.92. The second-order valence-corrected chi connectivity index (χ2v) is 6.18. The highest BCUT2D eigenvalue weighted by Crippen LogP contribution is 2.25. The molecule has 138 valence electrons. The molecular weight excluding hydrogens is 332 g/mol. The Morgan fingerprint density at radius 3 is 2.65 bits per heavy atom. The van der Waals surface area contributed by atoms with Crippen LogP contribution in [0.15, 0.2) is 24.8 Å². The summed E-state index contributed by atoms with van der Waals surface area (Å²) < 4.78 is 6.08. The third-order valence-corrected chi connectivity index (χ3v) is 4.42. The lowest BCUT2D eigenvalue weighted by atomic mass is 10.3. The normalized spacial score (nSPS) is 16.6. The van der Waals surface area contributed by atoms with E-state index in [9.17, 15) is 4.79 Å². The number of hydrogen-bond donors (Lipinski definition) is 0. The highest BCUT2D eigenvalue weighted by molar-refractivity contribution is 5.92. The second-order valence-electron chi connectivity index (χ2n) is 6.18. The molecule has 26 heavy (non-hydrogen) atoms. The van der Waals surface area contributed by atoms with E-state index < -0.39 is 0 Å². The zero-order valence-corrected chi connectivity index (χ0v) is 15.4. The molecule has 8 nitrogen and oxygen atoms in total. The van der Waals surface area contributed by atoms with Crippen molar-refractivity contribution in [1.29, 1.82) is 0 Å². The molecule has 1 atom stereocenters. The number of carbonyl (C=O) groups is 1. The Labute approximate surface area is 153 Å². The van der Waals surface area contributed by atoms with Gasteiger partial charge in [-0.3, -0.25) is 9.78 Å². The van der Waals surface area contributed by atoms with Crippen LogP contribution in [0.2, 0.25) is 0 Å². The number of nitrogens with zero attached hydrogens (tertiary/aromatic N) is 6. The molecule has 2 aromatic heterocycles. The minimum Gasteiger partial charge on any atom is -0.470 e. The average Bonchev–Trinajstić information content (AvgIpc) is 3.12. The van der Waals surface area contributed by atoms with Crippen molar-refractivity contribution < 1.29 is 9.53 Å². The van der Waals surface area contributed by atoms with Gasteiger partial charge in [-0.1, -0.05) is 0 Å². The first-order chi connectivity index (χ1) is 12.6. The van der Waals surface area contributed by atoms with Gasteiger partial charge in [-0.15, -0.1) is 0 Å². The van der Waals surface area contributed by atoms with Crippen LogP contribution in [0.3, 0.4) is 0 Å². The van der Waals surface area contributed by atoms with Crippen LogP contribution in [0.5, 0.6) is 5.88 Å². The lowest BCUT2D eigenvalue weighted by Crippen LogP contribution is -2.32. The molecule has 1 aliphatic heterocycles. The van der Waals surface area contributed by atoms with Crippen LogP contribution in [-0.4, -0.2) is 63.0 Å². The fourth-order valence-electron chi connectivity index (χ4n) is 2.97. The Kier molecular flexibility index (Phi) is 5.60. The molecule has 3 heterocycles. The molecule has 1 fully saturated rings. The lowest BCUT2D eigenvalue weighted by Gasteiger charge is -2.23. The van der Waals surface area contributed by atoms with Crippen LogP contribution < -0.4 is 9.64 Å². The highest BCUT2D eigenvalue weighted by Gasteiger charge is 2.30. The summed E-state index contributed by atoms with van der Waals surface area (Å²) in [4.78, 5) is 33.5. The summed E-state index contributed by atoms with van der Waals surface area (Å²) in [7, 11) is 0. The van der Waals surface area contributed by atoms with Crippen molar-refractivity contribution in [3.63, 3.8) is 0 Å². The fourth-order valence-corrected chi connectivity index (χ4v) is 2.97. The Balaban J connectivity index is 1.67. The molecule has 0 bridgehead atoms. The zero-order chi connectivity index (χ0) is 18.5. The van der Waals surface area contributed by atoms with Gasteiger partial charge in [0, 0.05) is 44.6 Å². The van der Waals surface area contributed by atoms with Gasteiger partial charge < -0.3 is 14.5 Å². The number of anilines is 1. The topological polar surface area (TPSA) is 84.3 Å². The smallest absolute Gasteiger partial charge is 0.274 e. The van der Waals surface area contributed by atoms with Gasteiger partial charge in [0.1, 0.15) is 11.8 Å². The van der Waals surface area contributed by atoms with E-state index in [0.717, 1.165) is 31.0 Å². The van der Waals surface area contributed by atoms with Crippen molar-refractivity contribution in [3.8, 4) is 5.88 Å². The largest absolute Gasteiger partial charge is 0.470 e. The van der Waals surface area contributed by atoms with Crippen molar-refractivity contribution in [1.82, 2.24) is 24.8 Å². The number of ether oxygens (including phenoxy) is 1. The molecule has 1 aliphatic rings. The van der Waals surface area contributed by atoms with E-state index in [2.05, 4.69) is 38.7 Å². The van der Waals surface area contributed by atoms with Gasteiger partial charge in [0.05, 0.1) is 18.4 Å². The Morgan fingerprint density at radius 2 is 1.96 bits per heavy atom. The number of amides is 1. The van der Waals surface area contributed by atoms with Gasteiger partial charge >= 0.3 is 0 Å². The third-order valence-electron chi connectivity index (χ3n) is 4.42. The van der Waals surface area contributed by atoms with E-state index in [0.29, 0.717) is 24.7 Å². The summed E-state index contributed by atoms with van der Waals surface area (Å²) in [5, 5.41) is 0. The van der Waals surface area contributed by atoms with Crippen molar-refractivity contribution >= 4 is 11.7 Å². The van der Waals surface area contributed by atoms with E-state index in [1.165, 1.54) is 6.20 Å². The SMILES string of the molecule is CCN(CC)c1nccnc1OC1CCN(C(=O)c2cnc(C)cn2)C1. The van der Waals surface area contributed by atoms with Crippen molar-refractivity contribution in [2.75, 3.05) is 31.1 Å². The summed E-state index contributed by atoms with van der Waals surface area (Å²) in [6.45, 7) is 8.76. The molecule has 1 saturated heterocycles. The molecule has 8 heteroatoms. The van der Waals surface area contributed by atoms with Crippen molar-refractivity contribution in [2.24, 2.45) is 0 Å². The van der Waals surface area contributed by atoms with Crippen LogP contribution in [0.4, 0.5) is 5.82 Å². The maximum Gasteiger partial charge on any atom is 0.274 e. The van der Waals surface area contributed by atoms with Crippen LogP contribution in [0, 0.1) is 6.92 Å². The maximum absolute atomic E-state index is 12.6. The van der Waals surface area contributed by atoms with E-state index in [-0.39, 0.29) is 12.0 Å².